The molecule has 0 saturated carbocycles. The van der Waals surface area contributed by atoms with Crippen molar-refractivity contribution in [2.75, 3.05) is 6.61 Å². The second-order valence-corrected chi connectivity index (χ2v) is 5.36. The van der Waals surface area contributed by atoms with E-state index in [1.165, 1.54) is 4.88 Å². The van der Waals surface area contributed by atoms with Gasteiger partial charge < -0.3 is 9.47 Å². The molecule has 0 amide bonds. The molecular formula is C12H17NO2S. The van der Waals surface area contributed by atoms with E-state index in [-0.39, 0.29) is 6.10 Å². The predicted octanol–water partition coefficient (Wildman–Crippen LogP) is 3.16. The quantitative estimate of drug-likeness (QED) is 0.759. The summed E-state index contributed by atoms with van der Waals surface area (Å²) in [6.07, 6.45) is 4.78. The zero-order valence-electron chi connectivity index (χ0n) is 9.68. The van der Waals surface area contributed by atoms with Crippen LogP contribution in [0, 0.1) is 5.92 Å². The summed E-state index contributed by atoms with van der Waals surface area (Å²) in [6.45, 7) is 8.39. The third kappa shape index (κ3) is 2.51. The Hall–Kier alpha value is -0.710. The number of hydrogen-bond donors (Lipinski definition) is 0. The number of nitrogens with zero attached hydrogens (tertiary/aromatic N) is 1. The van der Waals surface area contributed by atoms with Crippen molar-refractivity contribution in [3.05, 3.63) is 29.2 Å². The highest BCUT2D eigenvalue weighted by Crippen LogP contribution is 2.39. The van der Waals surface area contributed by atoms with E-state index in [9.17, 15) is 0 Å². The molecule has 4 heteroatoms. The predicted molar refractivity (Wildman–Crippen MR) is 64.3 cm³/mol. The Morgan fingerprint density at radius 3 is 3.12 bits per heavy atom. The van der Waals surface area contributed by atoms with Crippen molar-refractivity contribution in [1.29, 1.82) is 0 Å². The van der Waals surface area contributed by atoms with Crippen LogP contribution in [0.25, 0.3) is 0 Å². The first kappa shape index (κ1) is 11.8. The summed E-state index contributed by atoms with van der Waals surface area (Å²) in [7, 11) is 0. The molecule has 0 radical (unpaired) electrons. The Morgan fingerprint density at radius 1 is 1.69 bits per heavy atom. The molecule has 1 aliphatic heterocycles. The van der Waals surface area contributed by atoms with Gasteiger partial charge in [-0.2, -0.15) is 0 Å². The van der Waals surface area contributed by atoms with Gasteiger partial charge in [-0.3, -0.25) is 4.98 Å². The molecule has 3 nitrogen and oxygen atoms in total. The Morgan fingerprint density at radius 2 is 2.50 bits per heavy atom. The monoisotopic (exact) mass is 239 g/mol. The third-order valence-electron chi connectivity index (χ3n) is 2.69. The Bertz CT molecular complexity index is 348. The molecule has 16 heavy (non-hydrogen) atoms. The van der Waals surface area contributed by atoms with E-state index in [2.05, 4.69) is 11.6 Å². The molecule has 0 bridgehead atoms. The van der Waals surface area contributed by atoms with Crippen molar-refractivity contribution in [3.8, 4) is 0 Å². The largest absolute Gasteiger partial charge is 0.350 e. The van der Waals surface area contributed by atoms with Crippen LogP contribution in [0.15, 0.2) is 24.4 Å². The fourth-order valence-corrected chi connectivity index (χ4v) is 2.63. The van der Waals surface area contributed by atoms with Crippen LogP contribution in [0.1, 0.15) is 31.2 Å². The second-order valence-electron chi connectivity index (χ2n) is 4.44. The molecule has 0 aromatic carbocycles. The van der Waals surface area contributed by atoms with Crippen LogP contribution >= 0.6 is 11.3 Å². The van der Waals surface area contributed by atoms with Crippen LogP contribution < -0.4 is 0 Å². The van der Waals surface area contributed by atoms with Crippen molar-refractivity contribution in [2.45, 2.75) is 32.2 Å². The van der Waals surface area contributed by atoms with E-state index < -0.39 is 5.79 Å². The molecule has 0 aliphatic carbocycles. The average Bonchev–Trinajstić information content (AvgIpc) is 2.74. The van der Waals surface area contributed by atoms with Gasteiger partial charge in [0.15, 0.2) is 5.79 Å². The van der Waals surface area contributed by atoms with Gasteiger partial charge in [-0.25, -0.2) is 0 Å². The molecule has 88 valence electrons. The smallest absolute Gasteiger partial charge is 0.163 e. The fourth-order valence-electron chi connectivity index (χ4n) is 1.89. The molecule has 0 N–H and O–H groups in total. The zero-order valence-corrected chi connectivity index (χ0v) is 10.5. The van der Waals surface area contributed by atoms with Crippen LogP contribution in [0.3, 0.4) is 0 Å². The lowest BCUT2D eigenvalue weighted by molar-refractivity contribution is -0.294. The molecule has 1 fully saturated rings. The standard InChI is InChI=1S/C12H17NO2S/c1-4-5-9-7-14-12(2,3)15-11(9)10-6-13-8-16-10/h4,6,8-9,11H,1,5,7H2,2-3H3. The van der Waals surface area contributed by atoms with Gasteiger partial charge in [0.2, 0.25) is 0 Å². The number of hydrogen-bond acceptors (Lipinski definition) is 4. The van der Waals surface area contributed by atoms with Gasteiger partial charge in [-0.15, -0.1) is 17.9 Å². The van der Waals surface area contributed by atoms with Crippen molar-refractivity contribution >= 4 is 11.3 Å². The van der Waals surface area contributed by atoms with E-state index >= 15 is 0 Å². The lowest BCUT2D eigenvalue weighted by Crippen LogP contribution is -2.40. The second kappa shape index (κ2) is 4.65. The zero-order chi connectivity index (χ0) is 11.6. The molecule has 1 aromatic heterocycles. The van der Waals surface area contributed by atoms with Crippen LogP contribution in [-0.2, 0) is 9.47 Å². The minimum Gasteiger partial charge on any atom is -0.350 e. The van der Waals surface area contributed by atoms with E-state index in [0.29, 0.717) is 12.5 Å². The SMILES string of the molecule is C=CCC1COC(C)(C)OC1c1cncs1. The number of allylic oxidation sites excluding steroid dienone is 1. The van der Waals surface area contributed by atoms with Crippen LogP contribution in [0.4, 0.5) is 0 Å². The molecule has 0 spiro atoms. The van der Waals surface area contributed by atoms with E-state index in [0.717, 1.165) is 6.42 Å². The van der Waals surface area contributed by atoms with Gasteiger partial charge in [-0.05, 0) is 20.3 Å². The number of rotatable bonds is 3. The van der Waals surface area contributed by atoms with Gasteiger partial charge in [0, 0.05) is 12.1 Å². The maximum absolute atomic E-state index is 5.98. The summed E-state index contributed by atoms with van der Waals surface area (Å²) in [5.74, 6) is -0.169. The molecule has 2 rings (SSSR count). The van der Waals surface area contributed by atoms with Crippen LogP contribution in [0.2, 0.25) is 0 Å². The summed E-state index contributed by atoms with van der Waals surface area (Å²) >= 11 is 1.63. The van der Waals surface area contributed by atoms with E-state index in [4.69, 9.17) is 9.47 Å². The van der Waals surface area contributed by atoms with Gasteiger partial charge in [0.25, 0.3) is 0 Å². The van der Waals surface area contributed by atoms with Crippen LogP contribution in [-0.4, -0.2) is 17.4 Å². The first-order valence-electron chi connectivity index (χ1n) is 5.43. The first-order valence-corrected chi connectivity index (χ1v) is 6.31. The van der Waals surface area contributed by atoms with Crippen molar-refractivity contribution in [3.63, 3.8) is 0 Å². The fraction of sp³-hybridized carbons (Fsp3) is 0.583. The van der Waals surface area contributed by atoms with E-state index in [1.807, 2.05) is 31.6 Å². The van der Waals surface area contributed by atoms with Crippen molar-refractivity contribution in [2.24, 2.45) is 5.92 Å². The van der Waals surface area contributed by atoms with E-state index in [1.54, 1.807) is 11.3 Å². The highest BCUT2D eigenvalue weighted by atomic mass is 32.1. The highest BCUT2D eigenvalue weighted by Gasteiger charge is 2.37. The third-order valence-corrected chi connectivity index (χ3v) is 3.52. The molecule has 2 atom stereocenters. The number of aromatic nitrogens is 1. The van der Waals surface area contributed by atoms with Crippen molar-refractivity contribution in [1.82, 2.24) is 4.98 Å². The number of thiazole rings is 1. The molecule has 1 aliphatic rings. The Kier molecular flexibility index (Phi) is 3.42. The maximum atomic E-state index is 5.98. The van der Waals surface area contributed by atoms with Gasteiger partial charge in [0.05, 0.1) is 17.0 Å². The molecule has 1 saturated heterocycles. The summed E-state index contributed by atoms with van der Waals surface area (Å²) in [5.41, 5.74) is 1.84. The minimum absolute atomic E-state index is 0.0780. The Balaban J connectivity index is 2.18. The van der Waals surface area contributed by atoms with Gasteiger partial charge in [-0.1, -0.05) is 6.08 Å². The van der Waals surface area contributed by atoms with Crippen LogP contribution in [0.5, 0.6) is 0 Å². The molecule has 2 unspecified atom stereocenters. The van der Waals surface area contributed by atoms with Gasteiger partial charge in [0.1, 0.15) is 6.10 Å². The number of ether oxygens (including phenoxy) is 2. The summed E-state index contributed by atoms with van der Waals surface area (Å²) in [6, 6.07) is 0. The molecule has 2 heterocycles. The van der Waals surface area contributed by atoms with Gasteiger partial charge >= 0.3 is 0 Å². The summed E-state index contributed by atoms with van der Waals surface area (Å²) in [5, 5.41) is 0. The highest BCUT2D eigenvalue weighted by molar-refractivity contribution is 7.09. The molecular weight excluding hydrogens is 222 g/mol. The lowest BCUT2D eigenvalue weighted by Gasteiger charge is -2.40. The summed E-state index contributed by atoms with van der Waals surface area (Å²) in [4.78, 5) is 5.28. The first-order chi connectivity index (χ1) is 7.62. The lowest BCUT2D eigenvalue weighted by atomic mass is 9.96. The maximum Gasteiger partial charge on any atom is 0.163 e. The average molecular weight is 239 g/mol. The molecule has 1 aromatic rings. The normalized spacial score (nSPS) is 28.9. The van der Waals surface area contributed by atoms with Crippen molar-refractivity contribution < 1.29 is 9.47 Å². The summed E-state index contributed by atoms with van der Waals surface area (Å²) < 4.78 is 11.7. The topological polar surface area (TPSA) is 31.4 Å². The Labute approximate surface area is 100 Å². The minimum atomic E-state index is -0.508.